The van der Waals surface area contributed by atoms with E-state index in [-0.39, 0.29) is 6.03 Å². The first-order valence-corrected chi connectivity index (χ1v) is 6.54. The van der Waals surface area contributed by atoms with E-state index in [9.17, 15) is 4.79 Å². The molecule has 0 aliphatic heterocycles. The number of rotatable bonds is 5. The van der Waals surface area contributed by atoms with E-state index in [1.807, 2.05) is 6.92 Å². The maximum absolute atomic E-state index is 11.3. The fourth-order valence-corrected chi connectivity index (χ4v) is 2.19. The molecule has 0 aromatic heterocycles. The predicted octanol–water partition coefficient (Wildman–Crippen LogP) is 1.62. The first-order chi connectivity index (χ1) is 7.76. The first kappa shape index (κ1) is 13.3. The van der Waals surface area contributed by atoms with Gasteiger partial charge in [0.25, 0.3) is 0 Å². The van der Waals surface area contributed by atoms with Crippen molar-refractivity contribution >= 4 is 6.03 Å². The highest BCUT2D eigenvalue weighted by Gasteiger charge is 2.21. The minimum absolute atomic E-state index is 0.0209. The minimum atomic E-state index is -0.0209. The lowest BCUT2D eigenvalue weighted by atomic mass is 9.91. The quantitative estimate of drug-likeness (QED) is 0.668. The third-order valence-electron chi connectivity index (χ3n) is 3.08. The number of amides is 2. The molecule has 4 heteroatoms. The Morgan fingerprint density at radius 3 is 2.31 bits per heavy atom. The topological polar surface area (TPSA) is 53.2 Å². The molecule has 94 valence electrons. The Bertz CT molecular complexity index is 200. The third kappa shape index (κ3) is 4.84. The largest absolute Gasteiger partial charge is 0.338 e. The number of hydrogen-bond donors (Lipinski definition) is 3. The van der Waals surface area contributed by atoms with E-state index >= 15 is 0 Å². The van der Waals surface area contributed by atoms with E-state index in [2.05, 4.69) is 22.9 Å². The summed E-state index contributed by atoms with van der Waals surface area (Å²) in [6.07, 6.45) is 5.74. The van der Waals surface area contributed by atoms with Crippen LogP contribution in [0.5, 0.6) is 0 Å². The summed E-state index contributed by atoms with van der Waals surface area (Å²) in [5.41, 5.74) is 0. The van der Waals surface area contributed by atoms with Gasteiger partial charge < -0.3 is 16.0 Å². The third-order valence-corrected chi connectivity index (χ3v) is 3.08. The van der Waals surface area contributed by atoms with Gasteiger partial charge in [0, 0.05) is 18.6 Å². The monoisotopic (exact) mass is 227 g/mol. The van der Waals surface area contributed by atoms with E-state index in [1.54, 1.807) is 0 Å². The van der Waals surface area contributed by atoms with Crippen molar-refractivity contribution in [1.29, 1.82) is 0 Å². The van der Waals surface area contributed by atoms with Gasteiger partial charge in [0.05, 0.1) is 0 Å². The van der Waals surface area contributed by atoms with Crippen LogP contribution < -0.4 is 16.0 Å². The normalized spacial score (nSPS) is 25.1. The van der Waals surface area contributed by atoms with Crippen molar-refractivity contribution in [1.82, 2.24) is 16.0 Å². The van der Waals surface area contributed by atoms with Gasteiger partial charge in [-0.1, -0.05) is 6.92 Å². The zero-order chi connectivity index (χ0) is 11.8. The van der Waals surface area contributed by atoms with Gasteiger partial charge >= 0.3 is 6.03 Å². The summed E-state index contributed by atoms with van der Waals surface area (Å²) in [4.78, 5) is 11.3. The fourth-order valence-electron chi connectivity index (χ4n) is 2.19. The number of nitrogens with one attached hydrogen (secondary N) is 3. The summed E-state index contributed by atoms with van der Waals surface area (Å²) in [7, 11) is 0. The number of urea groups is 1. The van der Waals surface area contributed by atoms with Crippen LogP contribution in [0.1, 0.15) is 46.0 Å². The van der Waals surface area contributed by atoms with E-state index < -0.39 is 0 Å². The molecule has 1 saturated carbocycles. The molecule has 1 aliphatic rings. The Hall–Kier alpha value is -0.770. The van der Waals surface area contributed by atoms with Crippen LogP contribution in [0.4, 0.5) is 4.79 Å². The van der Waals surface area contributed by atoms with Gasteiger partial charge in [-0.2, -0.15) is 0 Å². The molecule has 0 unspecified atom stereocenters. The molecule has 16 heavy (non-hydrogen) atoms. The minimum Gasteiger partial charge on any atom is -0.338 e. The van der Waals surface area contributed by atoms with Gasteiger partial charge in [-0.15, -0.1) is 0 Å². The molecular formula is C12H25N3O. The number of hydrogen-bond acceptors (Lipinski definition) is 2. The van der Waals surface area contributed by atoms with E-state index in [0.717, 1.165) is 19.4 Å². The Morgan fingerprint density at radius 2 is 1.75 bits per heavy atom. The van der Waals surface area contributed by atoms with Crippen LogP contribution in [-0.4, -0.2) is 31.2 Å². The molecular weight excluding hydrogens is 202 g/mol. The lowest BCUT2D eigenvalue weighted by molar-refractivity contribution is 0.229. The van der Waals surface area contributed by atoms with Gasteiger partial charge in [0.2, 0.25) is 0 Å². The van der Waals surface area contributed by atoms with Crippen LogP contribution >= 0.6 is 0 Å². The van der Waals surface area contributed by atoms with Crippen molar-refractivity contribution in [2.75, 3.05) is 13.1 Å². The second kappa shape index (κ2) is 7.49. The summed E-state index contributed by atoms with van der Waals surface area (Å²) in [5.74, 6) is 0. The van der Waals surface area contributed by atoms with Crippen LogP contribution in [-0.2, 0) is 0 Å². The average Bonchev–Trinajstić information content (AvgIpc) is 2.28. The summed E-state index contributed by atoms with van der Waals surface area (Å²) in [6, 6.07) is 1.01. The van der Waals surface area contributed by atoms with Crippen molar-refractivity contribution < 1.29 is 4.79 Å². The van der Waals surface area contributed by atoms with Crippen molar-refractivity contribution in [3.05, 3.63) is 0 Å². The molecule has 0 heterocycles. The van der Waals surface area contributed by atoms with Crippen molar-refractivity contribution in [2.24, 2.45) is 0 Å². The molecule has 0 spiro atoms. The predicted molar refractivity (Wildman–Crippen MR) is 66.5 cm³/mol. The van der Waals surface area contributed by atoms with Crippen LogP contribution in [0.3, 0.4) is 0 Å². The Kier molecular flexibility index (Phi) is 6.23. The van der Waals surface area contributed by atoms with Crippen LogP contribution in [0.15, 0.2) is 0 Å². The lowest BCUT2D eigenvalue weighted by Gasteiger charge is -2.29. The second-order valence-corrected chi connectivity index (χ2v) is 4.51. The summed E-state index contributed by atoms with van der Waals surface area (Å²) < 4.78 is 0. The van der Waals surface area contributed by atoms with Gasteiger partial charge in [-0.25, -0.2) is 4.79 Å². The maximum Gasteiger partial charge on any atom is 0.314 e. The van der Waals surface area contributed by atoms with Gasteiger partial charge in [-0.3, -0.25) is 0 Å². The molecule has 0 saturated heterocycles. The fraction of sp³-hybridized carbons (Fsp3) is 0.917. The second-order valence-electron chi connectivity index (χ2n) is 4.51. The van der Waals surface area contributed by atoms with Crippen LogP contribution in [0.25, 0.3) is 0 Å². The van der Waals surface area contributed by atoms with E-state index in [4.69, 9.17) is 0 Å². The highest BCUT2D eigenvalue weighted by atomic mass is 16.2. The van der Waals surface area contributed by atoms with Gasteiger partial charge in [0.1, 0.15) is 0 Å². The maximum atomic E-state index is 11.3. The number of carbonyl (C=O) groups is 1. The number of carbonyl (C=O) groups excluding carboxylic acids is 1. The Labute approximate surface area is 98.6 Å². The zero-order valence-corrected chi connectivity index (χ0v) is 10.5. The molecule has 1 rings (SSSR count). The Morgan fingerprint density at radius 1 is 1.12 bits per heavy atom. The summed E-state index contributed by atoms with van der Waals surface area (Å²) >= 11 is 0. The molecule has 1 aliphatic carbocycles. The molecule has 1 fully saturated rings. The molecule has 3 N–H and O–H groups in total. The molecule has 0 bridgehead atoms. The molecule has 4 nitrogen and oxygen atoms in total. The van der Waals surface area contributed by atoms with Crippen LogP contribution in [0, 0.1) is 0 Å². The molecule has 0 atom stereocenters. The summed E-state index contributed by atoms with van der Waals surface area (Å²) in [5, 5.41) is 9.33. The van der Waals surface area contributed by atoms with E-state index in [1.165, 1.54) is 19.3 Å². The molecule has 0 aromatic carbocycles. The standard InChI is InChI=1S/C12H25N3O/c1-3-9-14-10-5-7-11(8-6-10)15-12(16)13-4-2/h10-11,14H,3-9H2,1-2H3,(H2,13,15,16). The SMILES string of the molecule is CCCNC1CCC(NC(=O)NCC)CC1. The zero-order valence-electron chi connectivity index (χ0n) is 10.5. The summed E-state index contributed by atoms with van der Waals surface area (Å²) in [6.45, 7) is 5.93. The highest BCUT2D eigenvalue weighted by Crippen LogP contribution is 2.18. The first-order valence-electron chi connectivity index (χ1n) is 6.54. The smallest absolute Gasteiger partial charge is 0.314 e. The molecule has 2 amide bonds. The molecule has 0 aromatic rings. The van der Waals surface area contributed by atoms with Crippen LogP contribution in [0.2, 0.25) is 0 Å². The average molecular weight is 227 g/mol. The molecule has 0 radical (unpaired) electrons. The van der Waals surface area contributed by atoms with Crippen molar-refractivity contribution in [3.63, 3.8) is 0 Å². The van der Waals surface area contributed by atoms with Crippen molar-refractivity contribution in [3.8, 4) is 0 Å². The van der Waals surface area contributed by atoms with E-state index in [0.29, 0.717) is 18.6 Å². The van der Waals surface area contributed by atoms with Gasteiger partial charge in [-0.05, 0) is 45.6 Å². The lowest BCUT2D eigenvalue weighted by Crippen LogP contribution is -2.45. The van der Waals surface area contributed by atoms with Gasteiger partial charge in [0.15, 0.2) is 0 Å². The Balaban J connectivity index is 2.14. The van der Waals surface area contributed by atoms with Crippen molar-refractivity contribution in [2.45, 2.75) is 58.0 Å². The highest BCUT2D eigenvalue weighted by molar-refractivity contribution is 5.74.